The van der Waals surface area contributed by atoms with E-state index in [2.05, 4.69) is 25.7 Å². The lowest BCUT2D eigenvalue weighted by Gasteiger charge is -2.37. The minimum Gasteiger partial charge on any atom is -0.341 e. The third kappa shape index (κ3) is 4.11. The van der Waals surface area contributed by atoms with Gasteiger partial charge in [0.05, 0.1) is 5.56 Å². The van der Waals surface area contributed by atoms with E-state index >= 15 is 0 Å². The van der Waals surface area contributed by atoms with E-state index in [4.69, 9.17) is 0 Å². The number of urea groups is 1. The van der Waals surface area contributed by atoms with Crippen molar-refractivity contribution in [2.45, 2.75) is 24.6 Å². The van der Waals surface area contributed by atoms with Crippen molar-refractivity contribution in [3.8, 4) is 0 Å². The summed E-state index contributed by atoms with van der Waals surface area (Å²) in [6.45, 7) is 0.254. The molecule has 2 fully saturated rings. The van der Waals surface area contributed by atoms with Crippen LogP contribution in [0.25, 0.3) is 5.65 Å². The number of hydrogen-bond donors (Lipinski definition) is 2. The number of nitrogens with zero attached hydrogens (tertiary/aromatic N) is 6. The second kappa shape index (κ2) is 8.21. The SMILES string of the molecule is O=C(CN1C(=O)NC2(CCN(c3nccc4ncnn34)CC2)C1=O)Nc1ccc(C(F)(F)F)cc1. The van der Waals surface area contributed by atoms with Crippen LogP contribution in [0, 0.1) is 0 Å². The van der Waals surface area contributed by atoms with Crippen LogP contribution in [0.2, 0.25) is 0 Å². The summed E-state index contributed by atoms with van der Waals surface area (Å²) in [5, 5.41) is 9.29. The number of alkyl halides is 3. The number of hydrogen-bond acceptors (Lipinski definition) is 7. The Balaban J connectivity index is 1.22. The molecular weight excluding hydrogens is 469 g/mol. The number of aromatic nitrogens is 4. The largest absolute Gasteiger partial charge is 0.416 e. The monoisotopic (exact) mass is 488 g/mol. The molecule has 0 atom stereocenters. The fourth-order valence-corrected chi connectivity index (χ4v) is 4.29. The van der Waals surface area contributed by atoms with E-state index in [1.807, 2.05) is 4.90 Å². The molecule has 4 heterocycles. The van der Waals surface area contributed by atoms with Gasteiger partial charge >= 0.3 is 12.2 Å². The van der Waals surface area contributed by atoms with Crippen molar-refractivity contribution < 1.29 is 27.6 Å². The molecule has 2 aliphatic rings. The first-order valence-electron chi connectivity index (χ1n) is 10.7. The number of fused-ring (bicyclic) bond motifs is 1. The summed E-state index contributed by atoms with van der Waals surface area (Å²) in [5.41, 5.74) is -1.25. The molecule has 1 spiro atoms. The number of rotatable bonds is 4. The highest BCUT2D eigenvalue weighted by Gasteiger charge is 2.53. The highest BCUT2D eigenvalue weighted by molar-refractivity contribution is 6.10. The maximum absolute atomic E-state index is 13.1. The van der Waals surface area contributed by atoms with Gasteiger partial charge in [0.2, 0.25) is 11.9 Å². The van der Waals surface area contributed by atoms with Gasteiger partial charge in [-0.2, -0.15) is 22.8 Å². The summed E-state index contributed by atoms with van der Waals surface area (Å²) in [7, 11) is 0. The van der Waals surface area contributed by atoms with Gasteiger partial charge in [-0.15, -0.1) is 0 Å². The van der Waals surface area contributed by atoms with Crippen LogP contribution < -0.4 is 15.5 Å². The highest BCUT2D eigenvalue weighted by Crippen LogP contribution is 2.32. The van der Waals surface area contributed by atoms with Crippen LogP contribution in [0.1, 0.15) is 18.4 Å². The molecule has 14 heteroatoms. The van der Waals surface area contributed by atoms with Gasteiger partial charge in [0.25, 0.3) is 5.91 Å². The van der Waals surface area contributed by atoms with Crippen LogP contribution in [-0.4, -0.2) is 67.5 Å². The zero-order valence-corrected chi connectivity index (χ0v) is 18.1. The predicted molar refractivity (Wildman–Crippen MR) is 115 cm³/mol. The zero-order chi connectivity index (χ0) is 24.8. The number of amides is 4. The molecule has 0 aliphatic carbocycles. The Morgan fingerprint density at radius 1 is 1.09 bits per heavy atom. The first-order valence-corrected chi connectivity index (χ1v) is 10.7. The minimum absolute atomic E-state index is 0.118. The van der Waals surface area contributed by atoms with E-state index in [1.165, 1.54) is 6.33 Å². The number of carbonyl (C=O) groups is 3. The van der Waals surface area contributed by atoms with Crippen LogP contribution in [-0.2, 0) is 15.8 Å². The van der Waals surface area contributed by atoms with Crippen molar-refractivity contribution in [1.82, 2.24) is 29.8 Å². The van der Waals surface area contributed by atoms with E-state index < -0.39 is 41.7 Å². The molecule has 0 bridgehead atoms. The topological polar surface area (TPSA) is 125 Å². The van der Waals surface area contributed by atoms with Gasteiger partial charge in [0.1, 0.15) is 18.4 Å². The number of anilines is 2. The van der Waals surface area contributed by atoms with Gasteiger partial charge < -0.3 is 15.5 Å². The molecule has 11 nitrogen and oxygen atoms in total. The quantitative estimate of drug-likeness (QED) is 0.536. The Morgan fingerprint density at radius 3 is 2.49 bits per heavy atom. The van der Waals surface area contributed by atoms with Crippen molar-refractivity contribution in [3.05, 3.63) is 48.4 Å². The van der Waals surface area contributed by atoms with Crippen molar-refractivity contribution >= 4 is 35.1 Å². The van der Waals surface area contributed by atoms with Crippen molar-refractivity contribution in [2.75, 3.05) is 29.9 Å². The van der Waals surface area contributed by atoms with Crippen LogP contribution in [0.4, 0.5) is 29.6 Å². The summed E-state index contributed by atoms with van der Waals surface area (Å²) >= 11 is 0. The van der Waals surface area contributed by atoms with E-state index in [-0.39, 0.29) is 5.69 Å². The molecule has 182 valence electrons. The smallest absolute Gasteiger partial charge is 0.341 e. The van der Waals surface area contributed by atoms with Gasteiger partial charge in [-0.25, -0.2) is 14.8 Å². The molecule has 35 heavy (non-hydrogen) atoms. The molecule has 2 saturated heterocycles. The second-order valence-electron chi connectivity index (χ2n) is 8.29. The number of imide groups is 1. The summed E-state index contributed by atoms with van der Waals surface area (Å²) in [5.74, 6) is -0.652. The van der Waals surface area contributed by atoms with Gasteiger partial charge in [0, 0.05) is 31.0 Å². The summed E-state index contributed by atoms with van der Waals surface area (Å²) in [6, 6.07) is 4.90. The summed E-state index contributed by atoms with van der Waals surface area (Å²) < 4.78 is 39.7. The van der Waals surface area contributed by atoms with Gasteiger partial charge in [-0.3, -0.25) is 14.5 Å². The maximum atomic E-state index is 13.1. The number of benzene rings is 1. The number of carbonyl (C=O) groups excluding carboxylic acids is 3. The maximum Gasteiger partial charge on any atom is 0.416 e. The summed E-state index contributed by atoms with van der Waals surface area (Å²) in [6.07, 6.45) is -0.878. The lowest BCUT2D eigenvalue weighted by atomic mass is 9.87. The Morgan fingerprint density at radius 2 is 1.80 bits per heavy atom. The lowest BCUT2D eigenvalue weighted by molar-refractivity contribution is -0.137. The molecule has 3 aromatic rings. The first-order chi connectivity index (χ1) is 16.7. The third-order valence-electron chi connectivity index (χ3n) is 6.12. The summed E-state index contributed by atoms with van der Waals surface area (Å²) in [4.78, 5) is 49.3. The number of halogens is 3. The highest BCUT2D eigenvalue weighted by atomic mass is 19.4. The average molecular weight is 488 g/mol. The van der Waals surface area contributed by atoms with Gasteiger partial charge in [0.15, 0.2) is 5.65 Å². The van der Waals surface area contributed by atoms with Crippen LogP contribution in [0.3, 0.4) is 0 Å². The molecule has 0 radical (unpaired) electrons. The van der Waals surface area contributed by atoms with E-state index in [0.29, 0.717) is 37.5 Å². The standard InChI is InChI=1S/C21H19F3N8O3/c22-21(23,24)13-1-3-14(4-2-13)28-16(33)11-31-17(34)20(29-19(31)35)6-9-30(10-7-20)18-25-8-5-15-26-12-27-32(15)18/h1-5,8,12H,6-7,9-11H2,(H,28,33)(H,29,35). The Hall–Kier alpha value is -4.23. The van der Waals surface area contributed by atoms with E-state index in [1.54, 1.807) is 16.8 Å². The number of piperidine rings is 1. The van der Waals surface area contributed by atoms with Crippen molar-refractivity contribution in [2.24, 2.45) is 0 Å². The van der Waals surface area contributed by atoms with Crippen molar-refractivity contribution in [3.63, 3.8) is 0 Å². The fraction of sp³-hybridized carbons (Fsp3) is 0.333. The molecule has 2 aliphatic heterocycles. The Bertz CT molecular complexity index is 1300. The first kappa shape index (κ1) is 22.6. The zero-order valence-electron chi connectivity index (χ0n) is 18.1. The molecule has 2 N–H and O–H groups in total. The van der Waals surface area contributed by atoms with E-state index in [9.17, 15) is 27.6 Å². The van der Waals surface area contributed by atoms with Gasteiger partial charge in [-0.1, -0.05) is 0 Å². The Kier molecular flexibility index (Phi) is 5.29. The fourth-order valence-electron chi connectivity index (χ4n) is 4.29. The average Bonchev–Trinajstić information content (AvgIpc) is 3.39. The third-order valence-corrected chi connectivity index (χ3v) is 6.12. The lowest BCUT2D eigenvalue weighted by Crippen LogP contribution is -2.55. The van der Waals surface area contributed by atoms with Crippen LogP contribution in [0.5, 0.6) is 0 Å². The van der Waals surface area contributed by atoms with Crippen molar-refractivity contribution in [1.29, 1.82) is 0 Å². The molecule has 4 amide bonds. The van der Waals surface area contributed by atoms with Crippen LogP contribution in [0.15, 0.2) is 42.9 Å². The number of nitrogens with one attached hydrogen (secondary N) is 2. The molecule has 0 saturated carbocycles. The second-order valence-corrected chi connectivity index (χ2v) is 8.29. The van der Waals surface area contributed by atoms with Gasteiger partial charge in [-0.05, 0) is 37.1 Å². The molecule has 1 aromatic carbocycles. The van der Waals surface area contributed by atoms with Crippen LogP contribution >= 0.6 is 0 Å². The van der Waals surface area contributed by atoms with E-state index in [0.717, 1.165) is 29.2 Å². The molecular formula is C21H19F3N8O3. The molecule has 2 aromatic heterocycles. The molecule has 5 rings (SSSR count). The minimum atomic E-state index is -4.50. The predicted octanol–water partition coefficient (Wildman–Crippen LogP) is 1.67. The Labute approximate surface area is 195 Å². The normalized spacial score (nSPS) is 17.8. The molecule has 0 unspecified atom stereocenters.